The van der Waals surface area contributed by atoms with Crippen LogP contribution < -0.4 is 5.32 Å². The summed E-state index contributed by atoms with van der Waals surface area (Å²) in [5.41, 5.74) is 2.70. The third-order valence-electron chi connectivity index (χ3n) is 3.61. The smallest absolute Gasteiger partial charge is 0.244 e. The predicted molar refractivity (Wildman–Crippen MR) is 86.0 cm³/mol. The van der Waals surface area contributed by atoms with Gasteiger partial charge in [0, 0.05) is 19.3 Å². The van der Waals surface area contributed by atoms with Crippen LogP contribution in [0, 0.1) is 20.8 Å². The molecule has 1 unspecified atom stereocenters. The highest BCUT2D eigenvalue weighted by Gasteiger charge is 2.19. The van der Waals surface area contributed by atoms with Crippen LogP contribution in [0.2, 0.25) is 5.02 Å². The first-order valence-corrected chi connectivity index (χ1v) is 7.76. The van der Waals surface area contributed by atoms with Crippen LogP contribution in [0.15, 0.2) is 12.4 Å². The molecule has 6 nitrogen and oxygen atoms in total. The van der Waals surface area contributed by atoms with Gasteiger partial charge in [0.05, 0.1) is 22.6 Å². The van der Waals surface area contributed by atoms with Gasteiger partial charge in [0.25, 0.3) is 0 Å². The minimum absolute atomic E-state index is 0.0566. The van der Waals surface area contributed by atoms with Crippen LogP contribution in [0.3, 0.4) is 0 Å². The molecule has 0 saturated carbocycles. The van der Waals surface area contributed by atoms with Crippen molar-refractivity contribution in [2.24, 2.45) is 0 Å². The van der Waals surface area contributed by atoms with Crippen molar-refractivity contribution < 1.29 is 4.79 Å². The van der Waals surface area contributed by atoms with Crippen LogP contribution in [-0.2, 0) is 11.3 Å². The molecule has 1 N–H and O–H groups in total. The summed E-state index contributed by atoms with van der Waals surface area (Å²) in [6.07, 6.45) is 4.65. The van der Waals surface area contributed by atoms with Crippen LogP contribution in [0.25, 0.3) is 0 Å². The van der Waals surface area contributed by atoms with Gasteiger partial charge in [0.1, 0.15) is 6.04 Å². The third-order valence-corrected chi connectivity index (χ3v) is 4.16. The molecule has 0 aliphatic carbocycles. The maximum atomic E-state index is 12.2. The van der Waals surface area contributed by atoms with Crippen molar-refractivity contribution in [3.63, 3.8) is 0 Å². The molecule has 2 rings (SSSR count). The summed E-state index contributed by atoms with van der Waals surface area (Å²) < 4.78 is 3.55. The number of carbonyl (C=O) groups is 1. The van der Waals surface area contributed by atoms with Gasteiger partial charge in [-0.2, -0.15) is 10.2 Å². The second-order valence-corrected chi connectivity index (χ2v) is 5.91. The lowest BCUT2D eigenvalue weighted by molar-refractivity contribution is -0.124. The Morgan fingerprint density at radius 2 is 2.14 bits per heavy atom. The Morgan fingerprint density at radius 3 is 2.68 bits per heavy atom. The van der Waals surface area contributed by atoms with E-state index in [0.29, 0.717) is 11.6 Å². The topological polar surface area (TPSA) is 64.7 Å². The highest BCUT2D eigenvalue weighted by atomic mass is 35.5. The molecule has 0 fully saturated rings. The number of aromatic nitrogens is 4. The number of amides is 1. The fourth-order valence-corrected chi connectivity index (χ4v) is 2.44. The largest absolute Gasteiger partial charge is 0.354 e. The molecule has 0 bridgehead atoms. The Hall–Kier alpha value is -1.82. The lowest BCUT2D eigenvalue weighted by atomic mass is 10.3. The van der Waals surface area contributed by atoms with E-state index < -0.39 is 0 Å². The number of hydrogen-bond donors (Lipinski definition) is 1. The minimum Gasteiger partial charge on any atom is -0.354 e. The van der Waals surface area contributed by atoms with Crippen LogP contribution in [0.4, 0.5) is 0 Å². The number of halogens is 1. The number of aryl methyl sites for hydroxylation is 3. The summed E-state index contributed by atoms with van der Waals surface area (Å²) in [7, 11) is 0. The molecule has 2 heterocycles. The van der Waals surface area contributed by atoms with Gasteiger partial charge in [0.2, 0.25) is 5.91 Å². The van der Waals surface area contributed by atoms with Crippen molar-refractivity contribution >= 4 is 17.5 Å². The first kappa shape index (κ1) is 16.5. The van der Waals surface area contributed by atoms with Crippen molar-refractivity contribution in [1.82, 2.24) is 24.9 Å². The number of hydrogen-bond acceptors (Lipinski definition) is 3. The monoisotopic (exact) mass is 323 g/mol. The van der Waals surface area contributed by atoms with Crippen molar-refractivity contribution in [1.29, 1.82) is 0 Å². The highest BCUT2D eigenvalue weighted by Crippen LogP contribution is 2.22. The van der Waals surface area contributed by atoms with Gasteiger partial charge in [-0.25, -0.2) is 0 Å². The summed E-state index contributed by atoms with van der Waals surface area (Å²) in [6, 6.07) is -0.377. The van der Waals surface area contributed by atoms with Crippen LogP contribution >= 0.6 is 11.6 Å². The molecular weight excluding hydrogens is 302 g/mol. The fourth-order valence-electron chi connectivity index (χ4n) is 2.32. The molecule has 1 amide bonds. The SMILES string of the molecule is Cc1cnn(CCCNC(=O)C(C)n2nc(C)c(Cl)c2C)c1. The lowest BCUT2D eigenvalue weighted by Gasteiger charge is -2.14. The standard InChI is InChI=1S/C15H22ClN5O/c1-10-8-18-20(9-10)7-5-6-17-15(22)13(4)21-12(3)14(16)11(2)19-21/h8-9,13H,5-7H2,1-4H3,(H,17,22). The molecule has 1 atom stereocenters. The van der Waals surface area contributed by atoms with E-state index in [4.69, 9.17) is 11.6 Å². The molecule has 2 aromatic rings. The molecule has 120 valence electrons. The second-order valence-electron chi connectivity index (χ2n) is 5.53. The first-order valence-electron chi connectivity index (χ1n) is 7.38. The number of rotatable bonds is 6. The lowest BCUT2D eigenvalue weighted by Crippen LogP contribution is -2.33. The zero-order valence-electron chi connectivity index (χ0n) is 13.4. The van der Waals surface area contributed by atoms with Crippen molar-refractivity contribution in [2.45, 2.75) is 46.7 Å². The van der Waals surface area contributed by atoms with E-state index in [9.17, 15) is 4.79 Å². The molecule has 22 heavy (non-hydrogen) atoms. The molecule has 0 aromatic carbocycles. The molecule has 0 aliphatic heterocycles. The summed E-state index contributed by atoms with van der Waals surface area (Å²) in [5.74, 6) is -0.0566. The Morgan fingerprint density at radius 1 is 1.41 bits per heavy atom. The van der Waals surface area contributed by atoms with Gasteiger partial charge in [-0.3, -0.25) is 14.2 Å². The average molecular weight is 324 g/mol. The number of carbonyl (C=O) groups excluding carboxylic acids is 1. The zero-order chi connectivity index (χ0) is 16.3. The van der Waals surface area contributed by atoms with Crippen LogP contribution in [0.1, 0.15) is 36.3 Å². The van der Waals surface area contributed by atoms with Crippen molar-refractivity contribution in [2.75, 3.05) is 6.54 Å². The van der Waals surface area contributed by atoms with E-state index in [-0.39, 0.29) is 11.9 Å². The fraction of sp³-hybridized carbons (Fsp3) is 0.533. The Kier molecular flexibility index (Phi) is 5.24. The molecule has 0 saturated heterocycles. The van der Waals surface area contributed by atoms with Gasteiger partial charge in [0.15, 0.2) is 0 Å². The van der Waals surface area contributed by atoms with E-state index in [1.807, 2.05) is 44.8 Å². The van der Waals surface area contributed by atoms with Crippen LogP contribution in [-0.4, -0.2) is 32.0 Å². The number of nitrogens with one attached hydrogen (secondary N) is 1. The van der Waals surface area contributed by atoms with Gasteiger partial charge in [-0.15, -0.1) is 0 Å². The van der Waals surface area contributed by atoms with E-state index in [0.717, 1.165) is 29.9 Å². The first-order chi connectivity index (χ1) is 10.4. The van der Waals surface area contributed by atoms with E-state index in [2.05, 4.69) is 15.5 Å². The normalized spacial score (nSPS) is 12.4. The molecule has 0 aliphatic rings. The molecule has 7 heteroatoms. The van der Waals surface area contributed by atoms with Gasteiger partial charge in [-0.1, -0.05) is 11.6 Å². The summed E-state index contributed by atoms with van der Waals surface area (Å²) >= 11 is 6.12. The van der Waals surface area contributed by atoms with Crippen molar-refractivity contribution in [3.05, 3.63) is 34.4 Å². The maximum absolute atomic E-state index is 12.2. The summed E-state index contributed by atoms with van der Waals surface area (Å²) in [4.78, 5) is 12.2. The van der Waals surface area contributed by atoms with Gasteiger partial charge < -0.3 is 5.32 Å². The Balaban J connectivity index is 1.82. The quantitative estimate of drug-likeness (QED) is 0.830. The van der Waals surface area contributed by atoms with Gasteiger partial charge >= 0.3 is 0 Å². The second kappa shape index (κ2) is 6.96. The maximum Gasteiger partial charge on any atom is 0.244 e. The summed E-state index contributed by atoms with van der Waals surface area (Å²) in [5, 5.41) is 12.1. The minimum atomic E-state index is -0.377. The predicted octanol–water partition coefficient (Wildman–Crippen LogP) is 2.43. The summed E-state index contributed by atoms with van der Waals surface area (Å²) in [6.45, 7) is 8.92. The molecule has 0 spiro atoms. The Labute approximate surface area is 135 Å². The van der Waals surface area contributed by atoms with E-state index in [1.54, 1.807) is 4.68 Å². The zero-order valence-corrected chi connectivity index (χ0v) is 14.2. The van der Waals surface area contributed by atoms with Crippen molar-refractivity contribution in [3.8, 4) is 0 Å². The Bertz CT molecular complexity index is 661. The number of nitrogens with zero attached hydrogens (tertiary/aromatic N) is 4. The van der Waals surface area contributed by atoms with E-state index in [1.165, 1.54) is 0 Å². The molecule has 2 aromatic heterocycles. The molecular formula is C15H22ClN5O. The third kappa shape index (κ3) is 3.68. The van der Waals surface area contributed by atoms with Gasteiger partial charge in [-0.05, 0) is 39.7 Å². The molecule has 0 radical (unpaired) electrons. The highest BCUT2D eigenvalue weighted by molar-refractivity contribution is 6.31. The average Bonchev–Trinajstić information content (AvgIpc) is 3.01. The van der Waals surface area contributed by atoms with Crippen LogP contribution in [0.5, 0.6) is 0 Å². The van der Waals surface area contributed by atoms with E-state index >= 15 is 0 Å².